The zero-order valence-electron chi connectivity index (χ0n) is 18.4. The Labute approximate surface area is 177 Å². The lowest BCUT2D eigenvalue weighted by Crippen LogP contribution is -2.29. The minimum Gasteiger partial charge on any atom is -0.497 e. The Hall–Kier alpha value is -1.36. The molecule has 0 bridgehead atoms. The summed E-state index contributed by atoms with van der Waals surface area (Å²) in [6.07, 6.45) is -0.152. The van der Waals surface area contributed by atoms with Crippen molar-refractivity contribution in [3.63, 3.8) is 0 Å². The molecule has 6 heteroatoms. The average Bonchev–Trinajstić information content (AvgIpc) is 2.74. The topological polar surface area (TPSA) is 68.2 Å². The van der Waals surface area contributed by atoms with Crippen LogP contribution in [-0.2, 0) is 15.9 Å². The quantitative estimate of drug-likeness (QED) is 0.273. The molecule has 2 atom stereocenters. The maximum Gasteiger partial charge on any atom is 0.137 e. The molecular weight excluding hydrogens is 384 g/mol. The zero-order chi connectivity index (χ0) is 21.5. The first-order valence-electron chi connectivity index (χ1n) is 10.6. The summed E-state index contributed by atoms with van der Waals surface area (Å²) in [6.45, 7) is 7.95. The van der Waals surface area contributed by atoms with Gasteiger partial charge in [-0.1, -0.05) is 32.9 Å². The largest absolute Gasteiger partial charge is 0.497 e. The van der Waals surface area contributed by atoms with E-state index in [4.69, 9.17) is 14.2 Å². The Morgan fingerprint density at radius 2 is 1.45 bits per heavy atom. The van der Waals surface area contributed by atoms with Crippen molar-refractivity contribution in [3.05, 3.63) is 29.8 Å². The van der Waals surface area contributed by atoms with E-state index in [-0.39, 0.29) is 13.2 Å². The molecule has 1 aromatic carbocycles. The molecule has 1 rings (SSSR count). The lowest BCUT2D eigenvalue weighted by molar-refractivity contribution is -0.0156. The second-order valence-corrected chi connectivity index (χ2v) is 12.3. The van der Waals surface area contributed by atoms with Gasteiger partial charge in [0.05, 0.1) is 45.7 Å². The number of aliphatic hydroxyl groups is 2. The number of methoxy groups -OCH3 is 1. The number of rotatable bonds is 14. The third kappa shape index (κ3) is 10.3. The first-order valence-corrected chi connectivity index (χ1v) is 13.2. The molecule has 0 aliphatic heterocycles. The number of hydrogen-bond acceptors (Lipinski definition) is 5. The molecule has 0 aromatic heterocycles. The molecule has 29 heavy (non-hydrogen) atoms. The average molecular weight is 423 g/mol. The van der Waals surface area contributed by atoms with Gasteiger partial charge in [0.1, 0.15) is 13.8 Å². The van der Waals surface area contributed by atoms with Crippen LogP contribution in [0, 0.1) is 11.5 Å². The van der Waals surface area contributed by atoms with Crippen molar-refractivity contribution in [3.8, 4) is 17.2 Å². The van der Waals surface area contributed by atoms with Crippen LogP contribution in [-0.4, -0.2) is 64.0 Å². The van der Waals surface area contributed by atoms with E-state index in [9.17, 15) is 10.2 Å². The van der Waals surface area contributed by atoms with Gasteiger partial charge < -0.3 is 24.4 Å². The summed E-state index contributed by atoms with van der Waals surface area (Å²) < 4.78 is 16.0. The Morgan fingerprint density at radius 3 is 1.97 bits per heavy atom. The van der Waals surface area contributed by atoms with Crippen LogP contribution in [0.1, 0.15) is 32.8 Å². The lowest BCUT2D eigenvalue weighted by atomic mass is 10.1. The van der Waals surface area contributed by atoms with E-state index in [0.29, 0.717) is 26.1 Å². The summed E-state index contributed by atoms with van der Waals surface area (Å²) in [5.41, 5.74) is 4.51. The number of aliphatic hydroxyl groups excluding tert-OH is 2. The first-order chi connectivity index (χ1) is 14.0. The second-order valence-electron chi connectivity index (χ2n) is 7.36. The van der Waals surface area contributed by atoms with Crippen LogP contribution in [0.3, 0.4) is 0 Å². The van der Waals surface area contributed by atoms with Crippen molar-refractivity contribution in [2.75, 3.05) is 33.5 Å². The Bertz CT molecular complexity index is 596. The van der Waals surface area contributed by atoms with Gasteiger partial charge in [0.25, 0.3) is 0 Å². The highest BCUT2D eigenvalue weighted by Gasteiger charge is 2.24. The summed E-state index contributed by atoms with van der Waals surface area (Å²) in [5.74, 6) is 3.98. The first kappa shape index (κ1) is 25.7. The zero-order valence-corrected chi connectivity index (χ0v) is 19.4. The van der Waals surface area contributed by atoms with Crippen LogP contribution in [0.2, 0.25) is 18.1 Å². The fourth-order valence-electron chi connectivity index (χ4n) is 3.08. The molecule has 2 unspecified atom stereocenters. The van der Waals surface area contributed by atoms with Crippen molar-refractivity contribution < 1.29 is 24.4 Å². The van der Waals surface area contributed by atoms with E-state index in [0.717, 1.165) is 11.3 Å². The normalized spacial score (nSPS) is 13.4. The summed E-state index contributed by atoms with van der Waals surface area (Å²) in [6, 6.07) is 11.1. The third-order valence-corrected chi connectivity index (χ3v) is 10.1. The highest BCUT2D eigenvalue weighted by atomic mass is 28.3. The fourth-order valence-corrected chi connectivity index (χ4v) is 5.59. The van der Waals surface area contributed by atoms with Crippen molar-refractivity contribution in [2.24, 2.45) is 0 Å². The molecule has 0 saturated carbocycles. The minimum absolute atomic E-state index is 0.251. The van der Waals surface area contributed by atoms with Gasteiger partial charge in [0, 0.05) is 12.8 Å². The smallest absolute Gasteiger partial charge is 0.137 e. The molecular formula is C23H38O5Si. The molecule has 0 saturated heterocycles. The van der Waals surface area contributed by atoms with Crippen LogP contribution in [0.5, 0.6) is 5.75 Å². The molecule has 0 fully saturated rings. The van der Waals surface area contributed by atoms with Crippen LogP contribution >= 0.6 is 0 Å². The summed E-state index contributed by atoms with van der Waals surface area (Å²) in [4.78, 5) is 0. The molecule has 0 aliphatic carbocycles. The molecule has 0 radical (unpaired) electrons. The van der Waals surface area contributed by atoms with Crippen LogP contribution in [0.25, 0.3) is 0 Å². The summed E-state index contributed by atoms with van der Waals surface area (Å²) in [7, 11) is 0.188. The predicted molar refractivity (Wildman–Crippen MR) is 120 cm³/mol. The van der Waals surface area contributed by atoms with Crippen LogP contribution in [0.15, 0.2) is 24.3 Å². The minimum atomic E-state index is -1.44. The molecule has 2 N–H and O–H groups in total. The van der Waals surface area contributed by atoms with E-state index in [1.54, 1.807) is 7.11 Å². The molecule has 0 aliphatic rings. The van der Waals surface area contributed by atoms with Crippen LogP contribution in [0.4, 0.5) is 0 Å². The van der Waals surface area contributed by atoms with Gasteiger partial charge in [-0.25, -0.2) is 0 Å². The maximum absolute atomic E-state index is 10.0. The molecule has 0 amide bonds. The van der Waals surface area contributed by atoms with Gasteiger partial charge in [-0.2, -0.15) is 0 Å². The van der Waals surface area contributed by atoms with Gasteiger partial charge in [0.15, 0.2) is 0 Å². The molecule has 0 heterocycles. The highest BCUT2D eigenvalue weighted by Crippen LogP contribution is 2.18. The lowest BCUT2D eigenvalue weighted by Gasteiger charge is -2.20. The van der Waals surface area contributed by atoms with Crippen molar-refractivity contribution in [1.82, 2.24) is 0 Å². The van der Waals surface area contributed by atoms with Crippen LogP contribution < -0.4 is 4.74 Å². The van der Waals surface area contributed by atoms with E-state index in [1.165, 1.54) is 18.1 Å². The molecule has 164 valence electrons. The number of ether oxygens (including phenoxy) is 3. The van der Waals surface area contributed by atoms with E-state index in [1.807, 2.05) is 24.3 Å². The SMILES string of the molecule is CC[Si](C#CCC(O)COCCOCC(O)Cc1ccc(OC)cc1)(CC)CC. The van der Waals surface area contributed by atoms with Crippen molar-refractivity contribution in [1.29, 1.82) is 0 Å². The monoisotopic (exact) mass is 422 g/mol. The summed E-state index contributed by atoms with van der Waals surface area (Å²) >= 11 is 0. The van der Waals surface area contributed by atoms with E-state index in [2.05, 4.69) is 32.2 Å². The second kappa shape index (κ2) is 14.6. The van der Waals surface area contributed by atoms with Gasteiger partial charge in [-0.15, -0.1) is 11.5 Å². The Balaban J connectivity index is 2.14. The Kier molecular flexibility index (Phi) is 12.9. The number of hydrogen-bond donors (Lipinski definition) is 2. The van der Waals surface area contributed by atoms with E-state index < -0.39 is 20.3 Å². The third-order valence-electron chi connectivity index (χ3n) is 5.34. The summed E-state index contributed by atoms with van der Waals surface area (Å²) in [5, 5.41) is 20.1. The fraction of sp³-hybridized carbons (Fsp3) is 0.652. The highest BCUT2D eigenvalue weighted by molar-refractivity contribution is 6.87. The van der Waals surface area contributed by atoms with Crippen molar-refractivity contribution in [2.45, 2.75) is 64.0 Å². The van der Waals surface area contributed by atoms with Gasteiger partial charge in [-0.3, -0.25) is 0 Å². The van der Waals surface area contributed by atoms with Gasteiger partial charge in [0.2, 0.25) is 0 Å². The standard InChI is InChI=1S/C23H38O5Si/c1-5-29(6-2,7-3)16-8-9-21(24)18-27-14-15-28-19-22(25)17-20-10-12-23(26-4)13-11-20/h10-13,21-22,24-25H,5-7,9,14-15,17-19H2,1-4H3. The molecule has 1 aromatic rings. The van der Waals surface area contributed by atoms with E-state index >= 15 is 0 Å². The molecule has 0 spiro atoms. The van der Waals surface area contributed by atoms with Gasteiger partial charge >= 0.3 is 0 Å². The number of benzene rings is 1. The Morgan fingerprint density at radius 1 is 0.897 bits per heavy atom. The molecule has 5 nitrogen and oxygen atoms in total. The van der Waals surface area contributed by atoms with Crippen molar-refractivity contribution >= 4 is 8.07 Å². The van der Waals surface area contributed by atoms with Gasteiger partial charge in [-0.05, 0) is 35.8 Å². The predicted octanol–water partition coefficient (Wildman–Crippen LogP) is 3.43. The maximum atomic E-state index is 10.0.